The van der Waals surface area contributed by atoms with Crippen molar-refractivity contribution in [1.82, 2.24) is 10.2 Å². The average molecular weight is 645 g/mol. The highest BCUT2D eigenvalue weighted by atomic mass is 16.7. The van der Waals surface area contributed by atoms with Crippen molar-refractivity contribution >= 4 is 23.6 Å². The van der Waals surface area contributed by atoms with Crippen molar-refractivity contribution in [1.29, 1.82) is 0 Å². The SMILES string of the molecule is COc1ccc([C@]2(C(=O)O)Oc3cc4c(c(OC)c3C(=O)[C@H](C(=O)N3CCCC3NC(=O)C(C)C)[C@H]2c2ccccc2)OCO4)cc1. The van der Waals surface area contributed by atoms with E-state index in [-0.39, 0.29) is 59.3 Å². The van der Waals surface area contributed by atoms with Crippen molar-refractivity contribution < 1.29 is 48.0 Å². The molecule has 0 bridgehead atoms. The fourth-order valence-electron chi connectivity index (χ4n) is 6.69. The van der Waals surface area contributed by atoms with Gasteiger partial charge in [0, 0.05) is 24.1 Å². The summed E-state index contributed by atoms with van der Waals surface area (Å²) < 4.78 is 28.9. The summed E-state index contributed by atoms with van der Waals surface area (Å²) in [5.41, 5.74) is -1.93. The molecule has 6 rings (SSSR count). The standard InChI is InChI=1S/C35H36N2O10/c1-19(2)32(39)36-25-11-8-16-37(25)33(40)27-28(20-9-6-5-7-10-20)35(34(41)42,21-12-14-22(43-3)15-13-21)47-23-17-24-30(46-18-45-24)31(44-4)26(23)29(27)38/h5-7,9-10,12-15,17,19,25,27-28H,8,11,16,18H2,1-4H3,(H,36,39)(H,41,42)/t25?,27-,28-,35+/m1/s1. The van der Waals surface area contributed by atoms with Crippen LogP contribution in [0.4, 0.5) is 0 Å². The number of carboxylic acid groups (broad SMARTS) is 1. The van der Waals surface area contributed by atoms with Crippen LogP contribution in [0.25, 0.3) is 0 Å². The quantitative estimate of drug-likeness (QED) is 0.343. The van der Waals surface area contributed by atoms with Crippen LogP contribution in [0.15, 0.2) is 60.7 Å². The fourth-order valence-corrected chi connectivity index (χ4v) is 6.69. The molecule has 0 aromatic heterocycles. The molecular weight excluding hydrogens is 608 g/mol. The number of methoxy groups -OCH3 is 2. The van der Waals surface area contributed by atoms with Gasteiger partial charge in [-0.1, -0.05) is 56.3 Å². The number of carbonyl (C=O) groups is 4. The summed E-state index contributed by atoms with van der Waals surface area (Å²) in [7, 11) is 2.83. The van der Waals surface area contributed by atoms with Crippen LogP contribution in [0.5, 0.6) is 28.7 Å². The van der Waals surface area contributed by atoms with E-state index < -0.39 is 41.3 Å². The maximum absolute atomic E-state index is 15.1. The number of ether oxygens (including phenoxy) is 5. The van der Waals surface area contributed by atoms with Gasteiger partial charge in [-0.25, -0.2) is 4.79 Å². The first kappa shape index (κ1) is 31.7. The lowest BCUT2D eigenvalue weighted by Gasteiger charge is -2.40. The van der Waals surface area contributed by atoms with Crippen molar-refractivity contribution in [2.45, 2.75) is 44.4 Å². The first-order chi connectivity index (χ1) is 22.6. The minimum absolute atomic E-state index is 0.0355. The van der Waals surface area contributed by atoms with Gasteiger partial charge < -0.3 is 39.0 Å². The minimum Gasteiger partial charge on any atom is -0.497 e. The summed E-state index contributed by atoms with van der Waals surface area (Å²) in [6, 6.07) is 16.2. The molecule has 1 unspecified atom stereocenters. The van der Waals surface area contributed by atoms with Gasteiger partial charge in [0.05, 0.1) is 20.1 Å². The number of carbonyl (C=O) groups excluding carboxylic acids is 3. The Morgan fingerprint density at radius 1 is 1.00 bits per heavy atom. The van der Waals surface area contributed by atoms with E-state index in [0.717, 1.165) is 0 Å². The number of ketones is 1. The number of carboxylic acids is 1. The summed E-state index contributed by atoms with van der Waals surface area (Å²) in [4.78, 5) is 58.2. The van der Waals surface area contributed by atoms with Crippen LogP contribution < -0.4 is 29.0 Å². The number of amides is 2. The normalized spacial score (nSPS) is 23.0. The van der Waals surface area contributed by atoms with Crippen molar-refractivity contribution in [3.05, 3.63) is 77.4 Å². The summed E-state index contributed by atoms with van der Waals surface area (Å²) in [5, 5.41) is 14.2. The molecule has 0 saturated carbocycles. The lowest BCUT2D eigenvalue weighted by atomic mass is 9.68. The van der Waals surface area contributed by atoms with E-state index in [2.05, 4.69) is 5.32 Å². The molecule has 246 valence electrons. The van der Waals surface area contributed by atoms with E-state index in [1.54, 1.807) is 68.4 Å². The first-order valence-corrected chi connectivity index (χ1v) is 15.4. The molecule has 0 radical (unpaired) electrons. The van der Waals surface area contributed by atoms with Crippen molar-refractivity contribution in [3.8, 4) is 28.7 Å². The Labute approximate surface area is 271 Å². The van der Waals surface area contributed by atoms with E-state index in [1.807, 2.05) is 0 Å². The molecule has 3 aliphatic heterocycles. The van der Waals surface area contributed by atoms with Gasteiger partial charge in [-0.3, -0.25) is 14.4 Å². The molecule has 12 heteroatoms. The molecule has 47 heavy (non-hydrogen) atoms. The van der Waals surface area contributed by atoms with Crippen LogP contribution in [-0.4, -0.2) is 67.3 Å². The Kier molecular flexibility index (Phi) is 8.43. The largest absolute Gasteiger partial charge is 0.497 e. The highest BCUT2D eigenvalue weighted by Crippen LogP contribution is 2.56. The third-order valence-corrected chi connectivity index (χ3v) is 8.99. The van der Waals surface area contributed by atoms with Crippen LogP contribution in [0.3, 0.4) is 0 Å². The van der Waals surface area contributed by atoms with Gasteiger partial charge in [-0.15, -0.1) is 0 Å². The fraction of sp³-hybridized carbons (Fsp3) is 0.371. The van der Waals surface area contributed by atoms with Gasteiger partial charge in [0.1, 0.15) is 29.1 Å². The molecule has 0 spiro atoms. The van der Waals surface area contributed by atoms with Crippen LogP contribution in [-0.2, 0) is 20.0 Å². The number of likely N-dealkylation sites (tertiary alicyclic amines) is 1. The zero-order chi connectivity index (χ0) is 33.5. The first-order valence-electron chi connectivity index (χ1n) is 15.4. The van der Waals surface area contributed by atoms with E-state index >= 15 is 4.79 Å². The summed E-state index contributed by atoms with van der Waals surface area (Å²) in [5.74, 6) is -5.80. The molecule has 2 N–H and O–H groups in total. The lowest BCUT2D eigenvalue weighted by Crippen LogP contribution is -2.55. The van der Waals surface area contributed by atoms with Crippen molar-refractivity contribution in [2.75, 3.05) is 27.6 Å². The van der Waals surface area contributed by atoms with Gasteiger partial charge in [-0.05, 0) is 30.5 Å². The topological polar surface area (TPSA) is 150 Å². The highest BCUT2D eigenvalue weighted by Gasteiger charge is 2.61. The van der Waals surface area contributed by atoms with Gasteiger partial charge in [0.25, 0.3) is 0 Å². The molecule has 1 saturated heterocycles. The smallest absolute Gasteiger partial charge is 0.353 e. The van der Waals surface area contributed by atoms with Crippen LogP contribution >= 0.6 is 0 Å². The van der Waals surface area contributed by atoms with E-state index in [0.29, 0.717) is 24.2 Å². The van der Waals surface area contributed by atoms with Gasteiger partial charge in [0.2, 0.25) is 30.0 Å². The highest BCUT2D eigenvalue weighted by molar-refractivity contribution is 6.15. The number of benzene rings is 3. The third kappa shape index (κ3) is 5.27. The molecule has 3 heterocycles. The second-order valence-corrected chi connectivity index (χ2v) is 12.0. The Hall–Kier alpha value is -5.26. The maximum atomic E-state index is 15.1. The van der Waals surface area contributed by atoms with Crippen LogP contribution in [0.2, 0.25) is 0 Å². The molecule has 3 aromatic rings. The van der Waals surface area contributed by atoms with E-state index in [9.17, 15) is 19.5 Å². The predicted octanol–water partition coefficient (Wildman–Crippen LogP) is 4.11. The number of fused-ring (bicyclic) bond motifs is 2. The molecule has 3 aliphatic rings. The summed E-state index contributed by atoms with van der Waals surface area (Å²) >= 11 is 0. The lowest BCUT2D eigenvalue weighted by molar-refractivity contribution is -0.161. The number of Topliss-reactive ketones (excluding diaryl/α,β-unsaturated/α-hetero) is 1. The zero-order valence-electron chi connectivity index (χ0n) is 26.5. The molecule has 1 fully saturated rings. The minimum atomic E-state index is -2.33. The van der Waals surface area contributed by atoms with E-state index in [1.165, 1.54) is 25.2 Å². The average Bonchev–Trinajstić information content (AvgIpc) is 3.72. The number of hydrogen-bond donors (Lipinski definition) is 2. The number of nitrogens with one attached hydrogen (secondary N) is 1. The predicted molar refractivity (Wildman–Crippen MR) is 167 cm³/mol. The van der Waals surface area contributed by atoms with Crippen molar-refractivity contribution in [3.63, 3.8) is 0 Å². The van der Waals surface area contributed by atoms with Crippen LogP contribution in [0, 0.1) is 11.8 Å². The monoisotopic (exact) mass is 644 g/mol. The summed E-state index contributed by atoms with van der Waals surface area (Å²) in [6.45, 7) is 3.59. The zero-order valence-corrected chi connectivity index (χ0v) is 26.5. The number of nitrogens with zero attached hydrogens (tertiary/aromatic N) is 1. The Morgan fingerprint density at radius 2 is 1.72 bits per heavy atom. The number of aliphatic carboxylic acids is 1. The van der Waals surface area contributed by atoms with Gasteiger partial charge >= 0.3 is 5.97 Å². The Balaban J connectivity index is 1.64. The molecule has 0 aliphatic carbocycles. The Bertz CT molecular complexity index is 1710. The number of rotatable bonds is 8. The second kappa shape index (κ2) is 12.5. The second-order valence-electron chi connectivity index (χ2n) is 12.0. The van der Waals surface area contributed by atoms with E-state index in [4.69, 9.17) is 23.7 Å². The molecule has 4 atom stereocenters. The molecular formula is C35H36N2O10. The maximum Gasteiger partial charge on any atom is 0.353 e. The number of hydrogen-bond acceptors (Lipinski definition) is 9. The van der Waals surface area contributed by atoms with Gasteiger partial charge in [-0.2, -0.15) is 0 Å². The Morgan fingerprint density at radius 3 is 2.36 bits per heavy atom. The molecule has 2 amide bonds. The van der Waals surface area contributed by atoms with Crippen LogP contribution in [0.1, 0.15) is 54.1 Å². The molecule has 12 nitrogen and oxygen atoms in total. The molecule has 3 aromatic carbocycles. The van der Waals surface area contributed by atoms with Crippen molar-refractivity contribution in [2.24, 2.45) is 11.8 Å². The summed E-state index contributed by atoms with van der Waals surface area (Å²) in [6.07, 6.45) is 0.353. The van der Waals surface area contributed by atoms with Gasteiger partial charge in [0.15, 0.2) is 17.3 Å². The third-order valence-electron chi connectivity index (χ3n) is 8.99.